The topological polar surface area (TPSA) is 81.6 Å². The van der Waals surface area contributed by atoms with Gasteiger partial charge in [0.25, 0.3) is 0 Å². The Kier molecular flexibility index (Phi) is 5.41. The molecule has 0 bridgehead atoms. The highest BCUT2D eigenvalue weighted by Crippen LogP contribution is 2.67. The van der Waals surface area contributed by atoms with Crippen molar-refractivity contribution in [3.8, 4) is 0 Å². The molecule has 4 aliphatic carbocycles. The first kappa shape index (κ1) is 22.0. The van der Waals surface area contributed by atoms with E-state index in [4.69, 9.17) is 0 Å². The van der Waals surface area contributed by atoms with Crippen LogP contribution >= 0.6 is 0 Å². The van der Waals surface area contributed by atoms with Crippen LogP contribution in [0, 0.1) is 34.5 Å². The predicted octanol–water partition coefficient (Wildman–Crippen LogP) is 4.72. The Labute approximate surface area is 191 Å². The van der Waals surface area contributed by atoms with Crippen molar-refractivity contribution in [1.82, 2.24) is 5.32 Å². The molecule has 4 aliphatic rings. The van der Waals surface area contributed by atoms with E-state index in [0.717, 1.165) is 50.6 Å². The Bertz CT molecular complexity index is 888. The number of fused-ring (bicyclic) bond motifs is 5. The third-order valence-electron chi connectivity index (χ3n) is 10.1. The highest BCUT2D eigenvalue weighted by atomic mass is 16.3. The predicted molar refractivity (Wildman–Crippen MR) is 126 cm³/mol. The van der Waals surface area contributed by atoms with Crippen molar-refractivity contribution in [2.45, 2.75) is 77.0 Å². The first-order chi connectivity index (χ1) is 15.2. The summed E-state index contributed by atoms with van der Waals surface area (Å²) in [6.07, 6.45) is 5.56. The summed E-state index contributed by atoms with van der Waals surface area (Å²) < 4.78 is 0. The van der Waals surface area contributed by atoms with Gasteiger partial charge in [-0.25, -0.2) is 4.79 Å². The van der Waals surface area contributed by atoms with Crippen LogP contribution in [-0.2, 0) is 0 Å². The minimum Gasteiger partial charge on any atom is -0.390 e. The lowest BCUT2D eigenvalue weighted by Gasteiger charge is -2.63. The van der Waals surface area contributed by atoms with Crippen LogP contribution in [0.25, 0.3) is 0 Å². The van der Waals surface area contributed by atoms with E-state index in [-0.39, 0.29) is 34.7 Å². The number of urea groups is 1. The van der Waals surface area contributed by atoms with Crippen molar-refractivity contribution in [2.24, 2.45) is 34.5 Å². The van der Waals surface area contributed by atoms with Gasteiger partial charge in [0.15, 0.2) is 0 Å². The van der Waals surface area contributed by atoms with E-state index >= 15 is 0 Å². The summed E-state index contributed by atoms with van der Waals surface area (Å²) in [7, 11) is 0. The van der Waals surface area contributed by atoms with Gasteiger partial charge in [-0.2, -0.15) is 0 Å². The van der Waals surface area contributed by atoms with Gasteiger partial charge in [-0.1, -0.05) is 44.2 Å². The van der Waals surface area contributed by atoms with Gasteiger partial charge in [0.05, 0.1) is 12.2 Å². The van der Waals surface area contributed by atoms with Crippen LogP contribution in [-0.4, -0.2) is 34.5 Å². The third-order valence-corrected chi connectivity index (χ3v) is 10.1. The number of amides is 2. The molecule has 1 aromatic rings. The highest BCUT2D eigenvalue weighted by molar-refractivity contribution is 5.89. The molecule has 1 aromatic carbocycles. The molecule has 9 atom stereocenters. The SMILES string of the molecule is C=C1CCC2C3C(CC[C@]12C)[C@@]1(C)CC[C@@H](NC(=O)Nc2ccccc2)CC1[C@@H](O)[C@@H]3O. The summed E-state index contributed by atoms with van der Waals surface area (Å²) in [5, 5.41) is 28.7. The smallest absolute Gasteiger partial charge is 0.319 e. The first-order valence-electron chi connectivity index (χ1n) is 12.4. The number of carbonyl (C=O) groups is 1. The summed E-state index contributed by atoms with van der Waals surface area (Å²) in [6.45, 7) is 9.05. The molecule has 0 aliphatic heterocycles. The van der Waals surface area contributed by atoms with Crippen LogP contribution in [0.2, 0.25) is 0 Å². The fraction of sp³-hybridized carbons (Fsp3) is 0.667. The second kappa shape index (κ2) is 7.88. The maximum atomic E-state index is 12.5. The molecule has 0 spiro atoms. The van der Waals surface area contributed by atoms with E-state index < -0.39 is 12.2 Å². The molecule has 4 fully saturated rings. The maximum absolute atomic E-state index is 12.5. The van der Waals surface area contributed by atoms with Crippen molar-refractivity contribution in [3.63, 3.8) is 0 Å². The van der Waals surface area contributed by atoms with Crippen molar-refractivity contribution in [3.05, 3.63) is 42.5 Å². The number of anilines is 1. The van der Waals surface area contributed by atoms with Gasteiger partial charge < -0.3 is 20.8 Å². The summed E-state index contributed by atoms with van der Waals surface area (Å²) >= 11 is 0. The maximum Gasteiger partial charge on any atom is 0.319 e. The van der Waals surface area contributed by atoms with Gasteiger partial charge in [0, 0.05) is 11.7 Å². The molecule has 32 heavy (non-hydrogen) atoms. The molecule has 4 saturated carbocycles. The number of para-hydroxylation sites is 1. The van der Waals surface area contributed by atoms with E-state index in [1.165, 1.54) is 5.57 Å². The van der Waals surface area contributed by atoms with E-state index in [1.54, 1.807) is 0 Å². The lowest BCUT2D eigenvalue weighted by atomic mass is 9.43. The Morgan fingerprint density at radius 2 is 1.75 bits per heavy atom. The monoisotopic (exact) mass is 438 g/mol. The van der Waals surface area contributed by atoms with E-state index in [1.807, 2.05) is 30.3 Å². The van der Waals surface area contributed by atoms with Crippen LogP contribution in [0.3, 0.4) is 0 Å². The number of aliphatic hydroxyl groups is 2. The number of benzene rings is 1. The molecular weight excluding hydrogens is 400 g/mol. The number of carbonyl (C=O) groups excluding carboxylic acids is 1. The minimum atomic E-state index is -0.737. The van der Waals surface area contributed by atoms with E-state index in [2.05, 4.69) is 31.1 Å². The van der Waals surface area contributed by atoms with Crippen LogP contribution in [0.4, 0.5) is 10.5 Å². The fourth-order valence-corrected chi connectivity index (χ4v) is 8.17. The van der Waals surface area contributed by atoms with Crippen molar-refractivity contribution < 1.29 is 15.0 Å². The average Bonchev–Trinajstić information content (AvgIpc) is 3.08. The minimum absolute atomic E-state index is 0.00263. The van der Waals surface area contributed by atoms with E-state index in [0.29, 0.717) is 11.8 Å². The average molecular weight is 439 g/mol. The Hall–Kier alpha value is -1.85. The van der Waals surface area contributed by atoms with Crippen molar-refractivity contribution in [2.75, 3.05) is 5.32 Å². The number of hydrogen-bond acceptors (Lipinski definition) is 3. The van der Waals surface area contributed by atoms with Gasteiger partial charge in [-0.15, -0.1) is 0 Å². The summed E-state index contributed by atoms with van der Waals surface area (Å²) in [5.41, 5.74) is 2.22. The zero-order valence-corrected chi connectivity index (χ0v) is 19.4. The van der Waals surface area contributed by atoms with Crippen molar-refractivity contribution in [1.29, 1.82) is 0 Å². The summed E-state index contributed by atoms with van der Waals surface area (Å²) in [4.78, 5) is 12.5. The Morgan fingerprint density at radius 3 is 2.50 bits per heavy atom. The molecule has 0 heterocycles. The summed E-state index contributed by atoms with van der Waals surface area (Å²) in [6, 6.07) is 9.26. The quantitative estimate of drug-likeness (QED) is 0.505. The van der Waals surface area contributed by atoms with Gasteiger partial charge in [0.2, 0.25) is 0 Å². The largest absolute Gasteiger partial charge is 0.390 e. The molecule has 0 radical (unpaired) electrons. The zero-order chi connectivity index (χ0) is 22.7. The Balaban J connectivity index is 1.31. The lowest BCUT2D eigenvalue weighted by molar-refractivity contribution is -0.211. The number of nitrogens with one attached hydrogen (secondary N) is 2. The molecule has 2 amide bonds. The normalized spacial score (nSPS) is 45.4. The number of allylic oxidation sites excluding steroid dienone is 1. The van der Waals surface area contributed by atoms with Crippen LogP contribution in [0.15, 0.2) is 42.5 Å². The number of rotatable bonds is 2. The van der Waals surface area contributed by atoms with Crippen LogP contribution < -0.4 is 10.6 Å². The molecule has 0 aromatic heterocycles. The molecule has 0 saturated heterocycles. The van der Waals surface area contributed by atoms with E-state index in [9.17, 15) is 15.0 Å². The second-order valence-corrected chi connectivity index (χ2v) is 11.4. The third kappa shape index (κ3) is 3.31. The summed E-state index contributed by atoms with van der Waals surface area (Å²) in [5.74, 6) is 0.997. The fourth-order valence-electron chi connectivity index (χ4n) is 8.17. The van der Waals surface area contributed by atoms with Gasteiger partial charge in [-0.3, -0.25) is 0 Å². The number of aliphatic hydroxyl groups excluding tert-OH is 2. The molecule has 4 unspecified atom stereocenters. The van der Waals surface area contributed by atoms with Gasteiger partial charge in [0.1, 0.15) is 0 Å². The van der Waals surface area contributed by atoms with Gasteiger partial charge in [-0.05, 0) is 91.6 Å². The lowest BCUT2D eigenvalue weighted by Crippen LogP contribution is -2.64. The second-order valence-electron chi connectivity index (χ2n) is 11.4. The van der Waals surface area contributed by atoms with Crippen LogP contribution in [0.1, 0.15) is 58.8 Å². The first-order valence-corrected chi connectivity index (χ1v) is 12.4. The molecule has 4 N–H and O–H groups in total. The van der Waals surface area contributed by atoms with Gasteiger partial charge >= 0.3 is 6.03 Å². The molecular formula is C27H38N2O3. The van der Waals surface area contributed by atoms with Crippen LogP contribution in [0.5, 0.6) is 0 Å². The highest BCUT2D eigenvalue weighted by Gasteiger charge is 2.64. The number of hydrogen-bond donors (Lipinski definition) is 4. The molecule has 5 nitrogen and oxygen atoms in total. The zero-order valence-electron chi connectivity index (χ0n) is 19.4. The molecule has 5 rings (SSSR count). The standard InChI is InChI=1S/C27H38N2O3/c1-16-9-10-19-22-20(12-14-26(16,19)2)27(3)13-11-18(15-21(27)23(30)24(22)31)29-25(32)28-17-7-5-4-6-8-17/h4-8,18-24,30-31H,1,9-15H2,2-3H3,(H2,28,29,32)/t18-,19?,20?,21?,22?,23-,24-,26-,27-/m1/s1. The Morgan fingerprint density at radius 1 is 1.00 bits per heavy atom. The molecule has 5 heteroatoms. The van der Waals surface area contributed by atoms with Crippen molar-refractivity contribution >= 4 is 11.7 Å². The molecule has 174 valence electrons.